The van der Waals surface area contributed by atoms with Crippen LogP contribution in [-0.2, 0) is 21.2 Å². The van der Waals surface area contributed by atoms with E-state index < -0.39 is 18.1 Å². The summed E-state index contributed by atoms with van der Waals surface area (Å²) in [5.74, 6) is 1.51. The van der Waals surface area contributed by atoms with Crippen LogP contribution in [0, 0.1) is 0 Å². The highest BCUT2D eigenvalue weighted by Crippen LogP contribution is 2.39. The largest absolute Gasteiger partial charge is 0.494 e. The summed E-state index contributed by atoms with van der Waals surface area (Å²) >= 11 is 6.32. The summed E-state index contributed by atoms with van der Waals surface area (Å²) in [5, 5.41) is 9.40. The van der Waals surface area contributed by atoms with Crippen molar-refractivity contribution in [1.82, 2.24) is 19.7 Å². The number of hydrogen-bond acceptors (Lipinski definition) is 9. The van der Waals surface area contributed by atoms with Crippen molar-refractivity contribution in [2.24, 2.45) is 0 Å². The summed E-state index contributed by atoms with van der Waals surface area (Å²) in [7, 11) is -2.61. The van der Waals surface area contributed by atoms with Gasteiger partial charge in [-0.1, -0.05) is 43.4 Å². The standard InChI is InChI=1S/C31H38ClN5O6SSi/c1-40-26-8-6-9-27(41-2)29(26)37-30(28-10-7-15-43-28)34-35-31(37)36(14-19-45(3,4)5)44(38,39)18-13-25-24(20-23(32)21-33-25)22-11-16-42-17-12-22/h6-11,15,20-21H,12-14,16-19H2,1-5H3. The molecule has 1 aliphatic rings. The monoisotopic (exact) mass is 671 g/mol. The van der Waals surface area contributed by atoms with Crippen LogP contribution in [0.5, 0.6) is 11.5 Å². The van der Waals surface area contributed by atoms with E-state index in [1.165, 1.54) is 10.6 Å². The first-order chi connectivity index (χ1) is 21.5. The number of methoxy groups -OCH3 is 2. The molecule has 0 N–H and O–H groups in total. The molecule has 1 aromatic carbocycles. The minimum absolute atomic E-state index is 0.110. The Kier molecular flexibility index (Phi) is 10.0. The molecule has 11 nitrogen and oxygen atoms in total. The molecule has 0 radical (unpaired) electrons. The smallest absolute Gasteiger partial charge is 0.246 e. The number of sulfonamides is 1. The molecule has 0 fully saturated rings. The van der Waals surface area contributed by atoms with Crippen molar-refractivity contribution in [3.8, 4) is 28.8 Å². The third-order valence-corrected chi connectivity index (χ3v) is 11.1. The molecule has 0 atom stereocenters. The lowest BCUT2D eigenvalue weighted by atomic mass is 9.99. The molecule has 240 valence electrons. The number of furan rings is 1. The minimum Gasteiger partial charge on any atom is -0.494 e. The number of rotatable bonds is 13. The fraction of sp³-hybridized carbons (Fsp3) is 0.387. The molecule has 4 heterocycles. The molecule has 4 aromatic rings. The van der Waals surface area contributed by atoms with E-state index in [9.17, 15) is 8.42 Å². The van der Waals surface area contributed by atoms with E-state index >= 15 is 0 Å². The van der Waals surface area contributed by atoms with Gasteiger partial charge in [0, 0.05) is 38.5 Å². The molecule has 0 saturated heterocycles. The molecule has 1 aliphatic heterocycles. The summed E-state index contributed by atoms with van der Waals surface area (Å²) in [6.45, 7) is 7.89. The van der Waals surface area contributed by atoms with Gasteiger partial charge < -0.3 is 18.6 Å². The third kappa shape index (κ3) is 7.43. The van der Waals surface area contributed by atoms with E-state index in [-0.39, 0.29) is 24.7 Å². The van der Waals surface area contributed by atoms with Crippen molar-refractivity contribution < 1.29 is 27.0 Å². The van der Waals surface area contributed by atoms with Crippen molar-refractivity contribution in [1.29, 1.82) is 0 Å². The maximum atomic E-state index is 14.5. The number of aryl methyl sites for hydroxylation is 1. The van der Waals surface area contributed by atoms with Gasteiger partial charge in [-0.2, -0.15) is 0 Å². The topological polar surface area (TPSA) is 122 Å². The average molecular weight is 672 g/mol. The van der Waals surface area contributed by atoms with Crippen LogP contribution < -0.4 is 13.8 Å². The van der Waals surface area contributed by atoms with Crippen LogP contribution >= 0.6 is 11.6 Å². The second-order valence-electron chi connectivity index (χ2n) is 11.8. The number of aromatic nitrogens is 4. The number of anilines is 1. The van der Waals surface area contributed by atoms with Crippen LogP contribution in [0.3, 0.4) is 0 Å². The normalized spacial score (nSPS) is 13.9. The molecule has 0 amide bonds. The van der Waals surface area contributed by atoms with E-state index in [1.807, 2.05) is 12.1 Å². The van der Waals surface area contributed by atoms with E-state index in [0.717, 1.165) is 11.1 Å². The Morgan fingerprint density at radius 2 is 1.84 bits per heavy atom. The van der Waals surface area contributed by atoms with Crippen LogP contribution in [-0.4, -0.2) is 76.0 Å². The van der Waals surface area contributed by atoms with E-state index in [4.69, 9.17) is 30.2 Å². The molecular formula is C31H38ClN5O6SSi. The number of pyridine rings is 1. The number of hydrogen-bond donors (Lipinski definition) is 0. The molecule has 0 saturated carbocycles. The highest BCUT2D eigenvalue weighted by atomic mass is 35.5. The van der Waals surface area contributed by atoms with Gasteiger partial charge in [0.05, 0.1) is 44.5 Å². The average Bonchev–Trinajstić information content (AvgIpc) is 3.70. The number of ether oxygens (including phenoxy) is 3. The molecule has 0 unspecified atom stereocenters. The highest BCUT2D eigenvalue weighted by molar-refractivity contribution is 7.92. The predicted molar refractivity (Wildman–Crippen MR) is 178 cm³/mol. The van der Waals surface area contributed by atoms with Gasteiger partial charge in [-0.3, -0.25) is 9.55 Å². The maximum Gasteiger partial charge on any atom is 0.246 e. The Morgan fingerprint density at radius 3 is 2.47 bits per heavy atom. The zero-order chi connectivity index (χ0) is 32.2. The summed E-state index contributed by atoms with van der Waals surface area (Å²) in [5.41, 5.74) is 3.00. The van der Waals surface area contributed by atoms with E-state index in [1.54, 1.807) is 55.3 Å². The van der Waals surface area contributed by atoms with Crippen LogP contribution in [0.25, 0.3) is 22.8 Å². The summed E-state index contributed by atoms with van der Waals surface area (Å²) < 4.78 is 54.5. The first kappa shape index (κ1) is 32.7. The Balaban J connectivity index is 1.62. The number of benzene rings is 1. The van der Waals surface area contributed by atoms with Crippen molar-refractivity contribution in [2.45, 2.75) is 38.5 Å². The molecule has 14 heteroatoms. The number of nitrogens with zero attached hydrogens (tertiary/aromatic N) is 5. The van der Waals surface area contributed by atoms with Crippen LogP contribution in [0.1, 0.15) is 17.7 Å². The lowest BCUT2D eigenvalue weighted by Gasteiger charge is -2.27. The van der Waals surface area contributed by atoms with Gasteiger partial charge in [0.15, 0.2) is 5.76 Å². The summed E-state index contributed by atoms with van der Waals surface area (Å²) in [6, 6.07) is 11.3. The van der Waals surface area contributed by atoms with Crippen molar-refractivity contribution >= 4 is 41.2 Å². The number of halogens is 1. The van der Waals surface area contributed by atoms with Gasteiger partial charge in [-0.25, -0.2) is 12.7 Å². The van der Waals surface area contributed by atoms with Crippen LogP contribution in [0.2, 0.25) is 30.7 Å². The lowest BCUT2D eigenvalue weighted by Crippen LogP contribution is -2.39. The highest BCUT2D eigenvalue weighted by Gasteiger charge is 2.33. The minimum atomic E-state index is -3.98. The molecule has 45 heavy (non-hydrogen) atoms. The molecular weight excluding hydrogens is 634 g/mol. The fourth-order valence-corrected chi connectivity index (χ4v) is 7.74. The molecule has 3 aromatic heterocycles. The van der Waals surface area contributed by atoms with Crippen molar-refractivity contribution in [2.75, 3.05) is 44.0 Å². The maximum absolute atomic E-state index is 14.5. The first-order valence-electron chi connectivity index (χ1n) is 14.6. The van der Waals surface area contributed by atoms with Gasteiger partial charge in [0.25, 0.3) is 0 Å². The molecule has 0 bridgehead atoms. The Morgan fingerprint density at radius 1 is 1.09 bits per heavy atom. The molecule has 0 aliphatic carbocycles. The second-order valence-corrected chi connectivity index (χ2v) is 19.9. The SMILES string of the molecule is COc1cccc(OC)c1-n1c(-c2ccco2)nnc1N(CC[Si](C)(C)C)S(=O)(=O)CCc1ncc(Cl)cc1C1=CCOCC1. The van der Waals surface area contributed by atoms with Gasteiger partial charge in [-0.15, -0.1) is 10.2 Å². The van der Waals surface area contributed by atoms with Crippen LogP contribution in [0.4, 0.5) is 5.95 Å². The molecule has 5 rings (SSSR count). The van der Waals surface area contributed by atoms with E-state index in [0.29, 0.717) is 65.2 Å². The second kappa shape index (κ2) is 13.8. The van der Waals surface area contributed by atoms with Crippen molar-refractivity contribution in [3.05, 3.63) is 71.2 Å². The third-order valence-electron chi connectivity index (χ3n) is 7.48. The van der Waals surface area contributed by atoms with Gasteiger partial charge in [-0.05, 0) is 48.4 Å². The zero-order valence-corrected chi connectivity index (χ0v) is 28.7. The fourth-order valence-electron chi connectivity index (χ4n) is 5.11. The summed E-state index contributed by atoms with van der Waals surface area (Å²) in [6.07, 6.45) is 5.94. The Hall–Kier alpha value is -3.65. The van der Waals surface area contributed by atoms with Gasteiger partial charge in [0.2, 0.25) is 21.8 Å². The quantitative estimate of drug-likeness (QED) is 0.155. The lowest BCUT2D eigenvalue weighted by molar-refractivity contribution is 0.161. The summed E-state index contributed by atoms with van der Waals surface area (Å²) in [4.78, 5) is 4.55. The Labute approximate surface area is 269 Å². The number of para-hydroxylation sites is 1. The first-order valence-corrected chi connectivity index (χ1v) is 20.3. The van der Waals surface area contributed by atoms with Crippen molar-refractivity contribution in [3.63, 3.8) is 0 Å². The van der Waals surface area contributed by atoms with Gasteiger partial charge >= 0.3 is 0 Å². The predicted octanol–water partition coefficient (Wildman–Crippen LogP) is 6.11. The zero-order valence-electron chi connectivity index (χ0n) is 26.1. The van der Waals surface area contributed by atoms with Crippen LogP contribution in [0.15, 0.2) is 59.4 Å². The van der Waals surface area contributed by atoms with E-state index in [2.05, 4.69) is 34.8 Å². The molecule has 0 spiro atoms. The van der Waals surface area contributed by atoms with Gasteiger partial charge in [0.1, 0.15) is 17.2 Å². The Bertz CT molecular complexity index is 1750.